The lowest BCUT2D eigenvalue weighted by molar-refractivity contribution is -0.141. The minimum atomic E-state index is -3.52. The molecule has 36 heavy (non-hydrogen) atoms. The van der Waals surface area contributed by atoms with E-state index >= 15 is 0 Å². The van der Waals surface area contributed by atoms with Gasteiger partial charge in [0.1, 0.15) is 6.04 Å². The van der Waals surface area contributed by atoms with Crippen LogP contribution in [0.5, 0.6) is 0 Å². The van der Waals surface area contributed by atoms with E-state index in [0.717, 1.165) is 28.7 Å². The van der Waals surface area contributed by atoms with Crippen LogP contribution >= 0.6 is 0 Å². The zero-order valence-corrected chi connectivity index (χ0v) is 23.3. The van der Waals surface area contributed by atoms with Gasteiger partial charge in [-0.05, 0) is 68.9 Å². The summed E-state index contributed by atoms with van der Waals surface area (Å²) in [6.45, 7) is 10.9. The number of anilines is 1. The van der Waals surface area contributed by atoms with Crippen molar-refractivity contribution in [3.05, 3.63) is 64.7 Å². The molecule has 2 aromatic rings. The molecule has 0 aromatic heterocycles. The van der Waals surface area contributed by atoms with Crippen LogP contribution in [0.4, 0.5) is 5.69 Å². The fourth-order valence-corrected chi connectivity index (χ4v) is 5.13. The second-order valence-electron chi connectivity index (χ2n) is 9.43. The lowest BCUT2D eigenvalue weighted by Gasteiger charge is -2.31. The first kappa shape index (κ1) is 29.4. The van der Waals surface area contributed by atoms with Crippen molar-refractivity contribution in [2.75, 3.05) is 23.7 Å². The molecule has 198 valence electrons. The number of hydrogen-bond acceptors (Lipinski definition) is 4. The number of amides is 2. The van der Waals surface area contributed by atoms with Gasteiger partial charge in [0.2, 0.25) is 21.8 Å². The molecule has 1 atom stereocenters. The quantitative estimate of drug-likeness (QED) is 0.426. The van der Waals surface area contributed by atoms with E-state index in [9.17, 15) is 18.0 Å². The topological polar surface area (TPSA) is 86.8 Å². The highest BCUT2D eigenvalue weighted by Crippen LogP contribution is 2.22. The number of nitrogens with zero attached hydrogens (tertiary/aromatic N) is 2. The molecule has 0 bridgehead atoms. The zero-order chi connectivity index (χ0) is 26.9. The van der Waals surface area contributed by atoms with Crippen LogP contribution in [0.1, 0.15) is 61.8 Å². The van der Waals surface area contributed by atoms with E-state index in [0.29, 0.717) is 31.6 Å². The Kier molecular flexibility index (Phi) is 11.0. The Bertz CT molecular complexity index is 1150. The molecule has 0 aliphatic rings. The van der Waals surface area contributed by atoms with E-state index in [4.69, 9.17) is 0 Å². The number of rotatable bonds is 13. The molecule has 2 amide bonds. The third kappa shape index (κ3) is 8.36. The van der Waals surface area contributed by atoms with Gasteiger partial charge in [-0.15, -0.1) is 0 Å². The lowest BCUT2D eigenvalue weighted by Crippen LogP contribution is -2.49. The van der Waals surface area contributed by atoms with Crippen molar-refractivity contribution in [2.24, 2.45) is 0 Å². The summed E-state index contributed by atoms with van der Waals surface area (Å²) in [7, 11) is -3.52. The van der Waals surface area contributed by atoms with Crippen LogP contribution in [0, 0.1) is 20.8 Å². The molecule has 2 rings (SSSR count). The molecule has 0 heterocycles. The summed E-state index contributed by atoms with van der Waals surface area (Å²) in [5, 5.41) is 2.92. The third-order valence-electron chi connectivity index (χ3n) is 6.30. The second-order valence-corrected chi connectivity index (χ2v) is 11.3. The molecule has 2 aromatic carbocycles. The molecule has 0 aliphatic carbocycles. The van der Waals surface area contributed by atoms with E-state index < -0.39 is 16.1 Å². The van der Waals surface area contributed by atoms with Crippen LogP contribution in [0.15, 0.2) is 42.5 Å². The van der Waals surface area contributed by atoms with Crippen molar-refractivity contribution in [1.82, 2.24) is 10.2 Å². The van der Waals surface area contributed by atoms with Crippen LogP contribution in [0.25, 0.3) is 0 Å². The fourth-order valence-electron chi connectivity index (χ4n) is 4.18. The van der Waals surface area contributed by atoms with Gasteiger partial charge in [0, 0.05) is 26.1 Å². The Morgan fingerprint density at radius 2 is 1.72 bits per heavy atom. The van der Waals surface area contributed by atoms with E-state index in [2.05, 4.69) is 5.32 Å². The Hall–Kier alpha value is -2.87. The number of nitrogens with one attached hydrogen (secondary N) is 1. The first-order chi connectivity index (χ1) is 17.0. The molecule has 1 unspecified atom stereocenters. The SMILES string of the molecule is CCCNC(=O)C(CC)N(Cc1cccc(C)c1)C(=O)CCCN(c1ccc(C)c(C)c1)S(C)(=O)=O. The lowest BCUT2D eigenvalue weighted by atomic mass is 10.1. The predicted molar refractivity (Wildman–Crippen MR) is 146 cm³/mol. The van der Waals surface area contributed by atoms with Gasteiger partial charge in [0.15, 0.2) is 0 Å². The normalized spacial score (nSPS) is 12.2. The summed E-state index contributed by atoms with van der Waals surface area (Å²) < 4.78 is 26.4. The van der Waals surface area contributed by atoms with Gasteiger partial charge in [0.25, 0.3) is 0 Å². The van der Waals surface area contributed by atoms with Crippen molar-refractivity contribution >= 4 is 27.5 Å². The summed E-state index contributed by atoms with van der Waals surface area (Å²) in [5.41, 5.74) is 4.72. The molecule has 0 fully saturated rings. The van der Waals surface area contributed by atoms with E-state index in [-0.39, 0.29) is 24.8 Å². The van der Waals surface area contributed by atoms with Gasteiger partial charge in [-0.1, -0.05) is 49.7 Å². The second kappa shape index (κ2) is 13.4. The van der Waals surface area contributed by atoms with Crippen LogP contribution < -0.4 is 9.62 Å². The maximum Gasteiger partial charge on any atom is 0.242 e. The van der Waals surface area contributed by atoms with Crippen molar-refractivity contribution < 1.29 is 18.0 Å². The van der Waals surface area contributed by atoms with Gasteiger partial charge < -0.3 is 10.2 Å². The molecular weight excluding hydrogens is 474 g/mol. The minimum Gasteiger partial charge on any atom is -0.354 e. The summed E-state index contributed by atoms with van der Waals surface area (Å²) in [4.78, 5) is 28.0. The summed E-state index contributed by atoms with van der Waals surface area (Å²) >= 11 is 0. The van der Waals surface area contributed by atoms with E-state index in [1.54, 1.807) is 11.0 Å². The van der Waals surface area contributed by atoms with Crippen LogP contribution in [-0.4, -0.2) is 50.5 Å². The minimum absolute atomic E-state index is 0.139. The number of hydrogen-bond donors (Lipinski definition) is 1. The highest BCUT2D eigenvalue weighted by atomic mass is 32.2. The summed E-state index contributed by atoms with van der Waals surface area (Å²) in [6, 6.07) is 12.9. The Morgan fingerprint density at radius 3 is 2.31 bits per heavy atom. The average Bonchev–Trinajstić information content (AvgIpc) is 2.81. The first-order valence-electron chi connectivity index (χ1n) is 12.7. The number of sulfonamides is 1. The van der Waals surface area contributed by atoms with Gasteiger partial charge in [0.05, 0.1) is 11.9 Å². The van der Waals surface area contributed by atoms with Gasteiger partial charge >= 0.3 is 0 Å². The zero-order valence-electron chi connectivity index (χ0n) is 22.5. The highest BCUT2D eigenvalue weighted by molar-refractivity contribution is 7.92. The van der Waals surface area contributed by atoms with Crippen molar-refractivity contribution in [3.8, 4) is 0 Å². The number of carbonyl (C=O) groups is 2. The first-order valence-corrected chi connectivity index (χ1v) is 14.5. The fraction of sp³-hybridized carbons (Fsp3) is 0.500. The third-order valence-corrected chi connectivity index (χ3v) is 7.50. The molecule has 0 saturated carbocycles. The van der Waals surface area contributed by atoms with E-state index in [1.807, 2.05) is 71.0 Å². The number of benzene rings is 2. The molecular formula is C28H41N3O4S. The summed E-state index contributed by atoms with van der Waals surface area (Å²) in [5.74, 6) is -0.322. The highest BCUT2D eigenvalue weighted by Gasteiger charge is 2.28. The molecule has 1 N–H and O–H groups in total. The molecule has 0 aliphatic heterocycles. The number of carbonyl (C=O) groups excluding carboxylic acids is 2. The Balaban J connectivity index is 2.22. The molecule has 7 nitrogen and oxygen atoms in total. The number of aryl methyl sites for hydroxylation is 3. The summed E-state index contributed by atoms with van der Waals surface area (Å²) in [6.07, 6.45) is 2.97. The van der Waals surface area contributed by atoms with Crippen molar-refractivity contribution in [2.45, 2.75) is 72.9 Å². The average molecular weight is 516 g/mol. The van der Waals surface area contributed by atoms with Crippen LogP contribution in [0.2, 0.25) is 0 Å². The Labute approximate surface area is 216 Å². The van der Waals surface area contributed by atoms with Gasteiger partial charge in [-0.25, -0.2) is 8.42 Å². The van der Waals surface area contributed by atoms with Gasteiger partial charge in [-0.2, -0.15) is 0 Å². The van der Waals surface area contributed by atoms with Gasteiger partial charge in [-0.3, -0.25) is 13.9 Å². The maximum atomic E-state index is 13.5. The van der Waals surface area contributed by atoms with Crippen LogP contribution in [0.3, 0.4) is 0 Å². The van der Waals surface area contributed by atoms with Crippen molar-refractivity contribution in [3.63, 3.8) is 0 Å². The largest absolute Gasteiger partial charge is 0.354 e. The smallest absolute Gasteiger partial charge is 0.242 e. The predicted octanol–water partition coefficient (Wildman–Crippen LogP) is 4.49. The standard InChI is InChI=1S/C28H41N3O4S/c1-7-16-29-28(33)26(8-2)30(20-24-12-9-11-21(3)18-24)27(32)13-10-17-31(36(6,34)35)25-15-14-22(4)23(5)19-25/h9,11-12,14-15,18-19,26H,7-8,10,13,16-17,20H2,1-6H3,(H,29,33). The van der Waals surface area contributed by atoms with Crippen LogP contribution in [-0.2, 0) is 26.2 Å². The molecule has 8 heteroatoms. The molecule has 0 saturated heterocycles. The molecule has 0 radical (unpaired) electrons. The monoisotopic (exact) mass is 515 g/mol. The Morgan fingerprint density at radius 1 is 1.00 bits per heavy atom. The maximum absolute atomic E-state index is 13.5. The molecule has 0 spiro atoms. The van der Waals surface area contributed by atoms with E-state index in [1.165, 1.54) is 10.6 Å². The van der Waals surface area contributed by atoms with Crippen molar-refractivity contribution in [1.29, 1.82) is 0 Å².